The number of nitrogens with zero attached hydrogens (tertiary/aromatic N) is 5. The number of anilines is 1. The first-order valence-corrected chi connectivity index (χ1v) is 8.06. The zero-order valence-electron chi connectivity index (χ0n) is 13.8. The van der Waals surface area contributed by atoms with E-state index >= 15 is 0 Å². The van der Waals surface area contributed by atoms with E-state index in [9.17, 15) is 4.79 Å². The van der Waals surface area contributed by atoms with Crippen molar-refractivity contribution < 1.29 is 9.53 Å². The predicted molar refractivity (Wildman–Crippen MR) is 91.4 cm³/mol. The van der Waals surface area contributed by atoms with E-state index in [4.69, 9.17) is 4.74 Å². The molecule has 0 radical (unpaired) electrons. The maximum absolute atomic E-state index is 12.8. The van der Waals surface area contributed by atoms with Crippen molar-refractivity contribution in [3.8, 4) is 5.75 Å². The van der Waals surface area contributed by atoms with Crippen LogP contribution in [0.15, 0.2) is 48.8 Å². The summed E-state index contributed by atoms with van der Waals surface area (Å²) in [5, 5.41) is 4.47. The molecular formula is C18H17N5O2. The van der Waals surface area contributed by atoms with Gasteiger partial charge in [-0.25, -0.2) is 4.98 Å². The summed E-state index contributed by atoms with van der Waals surface area (Å²) in [6.45, 7) is 3.30. The number of amides is 1. The third-order valence-electron chi connectivity index (χ3n) is 4.07. The number of benzene rings is 1. The minimum absolute atomic E-state index is 0.117. The highest BCUT2D eigenvalue weighted by molar-refractivity contribution is 6.05. The molecule has 0 unspecified atom stereocenters. The van der Waals surface area contributed by atoms with Crippen LogP contribution in [-0.4, -0.2) is 32.2 Å². The Kier molecular flexibility index (Phi) is 3.89. The number of aromatic nitrogens is 4. The van der Waals surface area contributed by atoms with Gasteiger partial charge in [-0.3, -0.25) is 19.4 Å². The Balaban J connectivity index is 1.54. The maximum atomic E-state index is 12.8. The molecule has 3 aromatic rings. The summed E-state index contributed by atoms with van der Waals surface area (Å²) in [5.41, 5.74) is 2.00. The summed E-state index contributed by atoms with van der Waals surface area (Å²) in [6.07, 6.45) is 3.22. The molecular weight excluding hydrogens is 318 g/mol. The zero-order chi connectivity index (χ0) is 17.2. The summed E-state index contributed by atoms with van der Waals surface area (Å²) in [6, 6.07) is 11.3. The molecule has 0 N–H and O–H groups in total. The lowest BCUT2D eigenvalue weighted by atomic mass is 10.2. The first kappa shape index (κ1) is 15.3. The highest BCUT2D eigenvalue weighted by Crippen LogP contribution is 2.22. The Hall–Kier alpha value is -3.22. The van der Waals surface area contributed by atoms with Gasteiger partial charge in [-0.2, -0.15) is 5.10 Å². The number of para-hydroxylation sites is 1. The average Bonchev–Trinajstić information content (AvgIpc) is 3.06. The number of fused-ring (bicyclic) bond motifs is 1. The second-order valence-corrected chi connectivity index (χ2v) is 5.77. The van der Waals surface area contributed by atoms with Crippen molar-refractivity contribution in [2.75, 3.05) is 11.4 Å². The van der Waals surface area contributed by atoms with Crippen LogP contribution in [0, 0.1) is 6.92 Å². The molecule has 0 bridgehead atoms. The van der Waals surface area contributed by atoms with Gasteiger partial charge in [-0.05, 0) is 25.1 Å². The van der Waals surface area contributed by atoms with Crippen LogP contribution in [-0.2, 0) is 13.2 Å². The van der Waals surface area contributed by atoms with Gasteiger partial charge < -0.3 is 4.74 Å². The first-order chi connectivity index (χ1) is 12.2. The van der Waals surface area contributed by atoms with Crippen LogP contribution < -0.4 is 9.64 Å². The Morgan fingerprint density at radius 2 is 1.92 bits per heavy atom. The minimum atomic E-state index is -0.117. The molecule has 25 heavy (non-hydrogen) atoms. The van der Waals surface area contributed by atoms with Crippen LogP contribution in [0.3, 0.4) is 0 Å². The second-order valence-electron chi connectivity index (χ2n) is 5.77. The van der Waals surface area contributed by atoms with Crippen molar-refractivity contribution >= 4 is 11.7 Å². The number of rotatable bonds is 4. The van der Waals surface area contributed by atoms with Crippen molar-refractivity contribution in [3.63, 3.8) is 0 Å². The Labute approximate surface area is 144 Å². The van der Waals surface area contributed by atoms with Gasteiger partial charge in [-0.15, -0.1) is 0 Å². The monoisotopic (exact) mass is 335 g/mol. The fraction of sp³-hybridized carbons (Fsp3) is 0.222. The highest BCUT2D eigenvalue weighted by Gasteiger charge is 2.29. The van der Waals surface area contributed by atoms with Gasteiger partial charge in [0.2, 0.25) is 0 Å². The van der Waals surface area contributed by atoms with E-state index in [-0.39, 0.29) is 5.91 Å². The molecule has 0 atom stereocenters. The summed E-state index contributed by atoms with van der Waals surface area (Å²) < 4.78 is 7.44. The SMILES string of the molecule is Cc1nccnc1N1CCn2nc(COc3ccccc3)cc2C1=O. The van der Waals surface area contributed by atoms with Gasteiger partial charge in [-0.1, -0.05) is 18.2 Å². The lowest BCUT2D eigenvalue weighted by Crippen LogP contribution is -2.41. The number of hydrogen-bond acceptors (Lipinski definition) is 5. The molecule has 0 saturated heterocycles. The van der Waals surface area contributed by atoms with Crippen molar-refractivity contribution in [1.82, 2.24) is 19.7 Å². The van der Waals surface area contributed by atoms with Gasteiger partial charge in [0.05, 0.1) is 12.2 Å². The molecule has 0 aliphatic carbocycles. The molecule has 7 heteroatoms. The first-order valence-electron chi connectivity index (χ1n) is 8.06. The third kappa shape index (κ3) is 2.96. The number of hydrogen-bond donors (Lipinski definition) is 0. The molecule has 1 aliphatic heterocycles. The van der Waals surface area contributed by atoms with Crippen LogP contribution in [0.1, 0.15) is 21.9 Å². The van der Waals surface area contributed by atoms with E-state index in [1.54, 1.807) is 28.0 Å². The van der Waals surface area contributed by atoms with E-state index in [2.05, 4.69) is 15.1 Å². The average molecular weight is 335 g/mol. The molecule has 1 aromatic carbocycles. The summed E-state index contributed by atoms with van der Waals surface area (Å²) >= 11 is 0. The highest BCUT2D eigenvalue weighted by atomic mass is 16.5. The summed E-state index contributed by atoms with van der Waals surface area (Å²) in [5.74, 6) is 1.26. The van der Waals surface area contributed by atoms with Crippen molar-refractivity contribution in [3.05, 3.63) is 65.9 Å². The van der Waals surface area contributed by atoms with E-state index in [1.165, 1.54) is 0 Å². The van der Waals surface area contributed by atoms with E-state index in [0.717, 1.165) is 17.1 Å². The molecule has 0 fully saturated rings. The van der Waals surface area contributed by atoms with E-state index < -0.39 is 0 Å². The molecule has 1 aliphatic rings. The number of carbonyl (C=O) groups is 1. The van der Waals surface area contributed by atoms with Crippen LogP contribution in [0.5, 0.6) is 5.75 Å². The quantitative estimate of drug-likeness (QED) is 0.731. The molecule has 126 valence electrons. The lowest BCUT2D eigenvalue weighted by molar-refractivity contribution is 0.0961. The Morgan fingerprint density at radius 1 is 1.12 bits per heavy atom. The molecule has 4 rings (SSSR count). The minimum Gasteiger partial charge on any atom is -0.487 e. The largest absolute Gasteiger partial charge is 0.487 e. The van der Waals surface area contributed by atoms with Crippen molar-refractivity contribution in [2.45, 2.75) is 20.1 Å². The summed E-state index contributed by atoms with van der Waals surface area (Å²) in [4.78, 5) is 23.0. The predicted octanol–water partition coefficient (Wildman–Crippen LogP) is 2.22. The van der Waals surface area contributed by atoms with E-state index in [1.807, 2.05) is 37.3 Å². The normalized spacial score (nSPS) is 13.6. The molecule has 0 spiro atoms. The van der Waals surface area contributed by atoms with Gasteiger partial charge in [0.25, 0.3) is 5.91 Å². The number of carbonyl (C=O) groups excluding carboxylic acids is 1. The van der Waals surface area contributed by atoms with Crippen LogP contribution in [0.4, 0.5) is 5.82 Å². The summed E-state index contributed by atoms with van der Waals surface area (Å²) in [7, 11) is 0. The standard InChI is InChI=1S/C18H17N5O2/c1-13-17(20-8-7-19-13)22-9-10-23-16(18(22)24)11-14(21-23)12-25-15-5-3-2-4-6-15/h2-8,11H,9-10,12H2,1H3. The molecule has 2 aromatic heterocycles. The fourth-order valence-electron chi connectivity index (χ4n) is 2.86. The van der Waals surface area contributed by atoms with Crippen LogP contribution in [0.2, 0.25) is 0 Å². The van der Waals surface area contributed by atoms with Crippen molar-refractivity contribution in [2.24, 2.45) is 0 Å². The second kappa shape index (κ2) is 6.35. The molecule has 0 saturated carbocycles. The third-order valence-corrected chi connectivity index (χ3v) is 4.07. The van der Waals surface area contributed by atoms with Crippen LogP contribution >= 0.6 is 0 Å². The van der Waals surface area contributed by atoms with Gasteiger partial charge in [0.1, 0.15) is 23.7 Å². The number of ether oxygens (including phenoxy) is 1. The topological polar surface area (TPSA) is 73.1 Å². The Morgan fingerprint density at radius 3 is 2.72 bits per heavy atom. The Bertz CT molecular complexity index is 907. The van der Waals surface area contributed by atoms with Gasteiger partial charge in [0, 0.05) is 18.9 Å². The van der Waals surface area contributed by atoms with Gasteiger partial charge in [0.15, 0.2) is 5.82 Å². The molecule has 7 nitrogen and oxygen atoms in total. The maximum Gasteiger partial charge on any atom is 0.277 e. The molecule has 3 heterocycles. The van der Waals surface area contributed by atoms with Crippen molar-refractivity contribution in [1.29, 1.82) is 0 Å². The zero-order valence-corrected chi connectivity index (χ0v) is 13.8. The fourth-order valence-corrected chi connectivity index (χ4v) is 2.86. The van der Waals surface area contributed by atoms with Crippen LogP contribution in [0.25, 0.3) is 0 Å². The number of aryl methyl sites for hydroxylation is 1. The van der Waals surface area contributed by atoms with Gasteiger partial charge >= 0.3 is 0 Å². The smallest absolute Gasteiger partial charge is 0.277 e. The molecule has 1 amide bonds. The lowest BCUT2D eigenvalue weighted by Gasteiger charge is -2.27. The van der Waals surface area contributed by atoms with E-state index in [0.29, 0.717) is 31.2 Å².